The van der Waals surface area contributed by atoms with E-state index in [4.69, 9.17) is 26.2 Å². The van der Waals surface area contributed by atoms with Crippen LogP contribution in [-0.4, -0.2) is 110 Å². The van der Waals surface area contributed by atoms with Gasteiger partial charge < -0.3 is 40.9 Å². The molecule has 2 atom stereocenters. The first kappa shape index (κ1) is 30.9. The fourth-order valence-corrected chi connectivity index (χ4v) is 3.98. The van der Waals surface area contributed by atoms with E-state index in [1.165, 1.54) is 0 Å². The van der Waals surface area contributed by atoms with Gasteiger partial charge in [0.2, 0.25) is 11.9 Å². The third kappa shape index (κ3) is 8.66. The lowest BCUT2D eigenvalue weighted by Crippen LogP contribution is -2.47. The van der Waals surface area contributed by atoms with E-state index in [-0.39, 0.29) is 12.5 Å². The Labute approximate surface area is 236 Å². The molecule has 0 bridgehead atoms. The molecule has 1 aliphatic heterocycles. The van der Waals surface area contributed by atoms with Crippen LogP contribution in [0.3, 0.4) is 0 Å². The van der Waals surface area contributed by atoms with Crippen molar-refractivity contribution in [1.29, 1.82) is 0 Å². The smallest absolute Gasteiger partial charge is 0.335 e. The summed E-state index contributed by atoms with van der Waals surface area (Å²) >= 11 is 0. The number of nitrogens with two attached hydrogens (primary N) is 1. The van der Waals surface area contributed by atoms with Gasteiger partial charge in [-0.15, -0.1) is 0 Å². The van der Waals surface area contributed by atoms with Gasteiger partial charge in [-0.25, -0.2) is 19.6 Å². The quantitative estimate of drug-likeness (QED) is 0.225. The highest BCUT2D eigenvalue weighted by molar-refractivity contribution is 5.83. The molecule has 1 aliphatic rings. The predicted octanol–water partition coefficient (Wildman–Crippen LogP) is -0.340. The Kier molecular flexibility index (Phi) is 11.0. The number of rotatable bonds is 9. The molecule has 1 fully saturated rings. The normalized spacial score (nSPS) is 14.3. The lowest BCUT2D eigenvalue weighted by Gasteiger charge is -2.35. The van der Waals surface area contributed by atoms with Crippen LogP contribution in [0.25, 0.3) is 11.1 Å². The van der Waals surface area contributed by atoms with Crippen LogP contribution in [-0.2, 0) is 20.9 Å². The molecule has 14 heteroatoms. The number of amides is 1. The molecule has 0 aliphatic carbocycles. The maximum Gasteiger partial charge on any atom is 0.335 e. The third-order valence-electron chi connectivity index (χ3n) is 6.30. The molecule has 0 radical (unpaired) electrons. The summed E-state index contributed by atoms with van der Waals surface area (Å²) in [6, 6.07) is 12.1. The SMILES string of the molecule is CN(Cc1cccc(-c2cnc(N3CCN(c4cccnc4)CC3)nc2)c1)C(=O)CN.O=C(O)[C@H](O)[C@@H](O)C(=O)O. The molecule has 1 amide bonds. The number of carboxylic acid groups (broad SMARTS) is 2. The molecule has 218 valence electrons. The van der Waals surface area contributed by atoms with E-state index in [9.17, 15) is 14.4 Å². The second kappa shape index (κ2) is 14.6. The average molecular weight is 568 g/mol. The lowest BCUT2D eigenvalue weighted by atomic mass is 10.1. The monoisotopic (exact) mass is 567 g/mol. The number of carbonyl (C=O) groups is 3. The number of benzene rings is 1. The summed E-state index contributed by atoms with van der Waals surface area (Å²) in [5, 5.41) is 32.5. The van der Waals surface area contributed by atoms with Crippen LogP contribution in [0, 0.1) is 0 Å². The van der Waals surface area contributed by atoms with Crippen molar-refractivity contribution in [3.05, 3.63) is 66.7 Å². The number of aliphatic carboxylic acids is 2. The summed E-state index contributed by atoms with van der Waals surface area (Å²) in [4.78, 5) is 50.9. The van der Waals surface area contributed by atoms with Crippen molar-refractivity contribution in [3.8, 4) is 11.1 Å². The van der Waals surface area contributed by atoms with Gasteiger partial charge in [0.25, 0.3) is 0 Å². The number of hydrogen-bond acceptors (Lipinski definition) is 11. The van der Waals surface area contributed by atoms with E-state index >= 15 is 0 Å². The number of piperazine rings is 1. The zero-order valence-electron chi connectivity index (χ0n) is 22.4. The van der Waals surface area contributed by atoms with Gasteiger partial charge >= 0.3 is 11.9 Å². The number of likely N-dealkylation sites (N-methyl/N-ethyl adjacent to an activating group) is 1. The van der Waals surface area contributed by atoms with Crippen molar-refractivity contribution in [2.75, 3.05) is 49.6 Å². The topological polar surface area (TPSA) is 207 Å². The highest BCUT2D eigenvalue weighted by atomic mass is 16.4. The number of carbonyl (C=O) groups excluding carboxylic acids is 1. The van der Waals surface area contributed by atoms with Crippen molar-refractivity contribution in [3.63, 3.8) is 0 Å². The summed E-state index contributed by atoms with van der Waals surface area (Å²) < 4.78 is 0. The predicted molar refractivity (Wildman–Crippen MR) is 149 cm³/mol. The van der Waals surface area contributed by atoms with Gasteiger partial charge in [-0.2, -0.15) is 0 Å². The Morgan fingerprint density at radius 1 is 0.902 bits per heavy atom. The zero-order valence-corrected chi connectivity index (χ0v) is 22.4. The number of anilines is 2. The van der Waals surface area contributed by atoms with Gasteiger partial charge in [-0.05, 0) is 29.3 Å². The minimum Gasteiger partial charge on any atom is -0.479 e. The Morgan fingerprint density at radius 3 is 2.05 bits per heavy atom. The largest absolute Gasteiger partial charge is 0.479 e. The number of hydrogen-bond donors (Lipinski definition) is 5. The average Bonchev–Trinajstić information content (AvgIpc) is 3.00. The van der Waals surface area contributed by atoms with Gasteiger partial charge in [-0.3, -0.25) is 9.78 Å². The van der Waals surface area contributed by atoms with E-state index in [1.54, 1.807) is 18.1 Å². The number of aliphatic hydroxyl groups is 2. The second-order valence-corrected chi connectivity index (χ2v) is 9.18. The molecule has 0 saturated carbocycles. The highest BCUT2D eigenvalue weighted by Gasteiger charge is 2.29. The molecule has 3 heterocycles. The van der Waals surface area contributed by atoms with E-state index in [0.29, 0.717) is 6.54 Å². The van der Waals surface area contributed by atoms with Crippen molar-refractivity contribution in [2.24, 2.45) is 5.73 Å². The highest BCUT2D eigenvalue weighted by Crippen LogP contribution is 2.22. The Hall–Kier alpha value is -4.66. The van der Waals surface area contributed by atoms with Gasteiger partial charge in [0.05, 0.1) is 18.4 Å². The van der Waals surface area contributed by atoms with Crippen LogP contribution in [0.2, 0.25) is 0 Å². The molecule has 41 heavy (non-hydrogen) atoms. The van der Waals surface area contributed by atoms with Crippen molar-refractivity contribution in [1.82, 2.24) is 19.9 Å². The van der Waals surface area contributed by atoms with Gasteiger partial charge in [-0.1, -0.05) is 18.2 Å². The van der Waals surface area contributed by atoms with Crippen LogP contribution in [0.1, 0.15) is 5.56 Å². The summed E-state index contributed by atoms with van der Waals surface area (Å²) in [7, 11) is 1.76. The third-order valence-corrected chi connectivity index (χ3v) is 6.30. The summed E-state index contributed by atoms with van der Waals surface area (Å²) in [5.74, 6) is -2.87. The Balaban J connectivity index is 0.000000397. The van der Waals surface area contributed by atoms with Crippen LogP contribution in [0.15, 0.2) is 61.2 Å². The molecule has 1 saturated heterocycles. The number of aromatic nitrogens is 3. The minimum absolute atomic E-state index is 0.0159. The molecule has 0 spiro atoms. The fraction of sp³-hybridized carbons (Fsp3) is 0.333. The maximum absolute atomic E-state index is 11.7. The zero-order chi connectivity index (χ0) is 29.9. The first-order valence-corrected chi connectivity index (χ1v) is 12.7. The lowest BCUT2D eigenvalue weighted by molar-refractivity contribution is -0.165. The first-order chi connectivity index (χ1) is 19.6. The molecule has 14 nitrogen and oxygen atoms in total. The number of pyridine rings is 1. The Bertz CT molecular complexity index is 1280. The molecule has 1 aromatic carbocycles. The van der Waals surface area contributed by atoms with Crippen molar-refractivity contribution >= 4 is 29.5 Å². The number of carboxylic acids is 2. The van der Waals surface area contributed by atoms with Crippen LogP contribution >= 0.6 is 0 Å². The molecule has 4 rings (SSSR count). The van der Waals surface area contributed by atoms with E-state index in [2.05, 4.69) is 36.9 Å². The number of nitrogens with zero attached hydrogens (tertiary/aromatic N) is 6. The standard InChI is InChI=1S/C23H27N7O.C4H6O6/c1-28(22(31)13-24)17-18-4-2-5-19(12-18)20-14-26-23(27-15-20)30-10-8-29(9-11-30)21-6-3-7-25-16-21;5-1(3(7)8)2(6)4(9)10/h2-7,12,14-16H,8-11,13,17,24H2,1H3;1-2,5-6H,(H,7,8)(H,9,10)/t;1-,2-/m.1/s1. The molecule has 3 aromatic rings. The van der Waals surface area contributed by atoms with Crippen LogP contribution < -0.4 is 15.5 Å². The maximum atomic E-state index is 11.7. The summed E-state index contributed by atoms with van der Waals surface area (Å²) in [6.45, 7) is 4.09. The molecular formula is C27H33N7O7. The van der Waals surface area contributed by atoms with Gasteiger partial charge in [0.1, 0.15) is 0 Å². The van der Waals surface area contributed by atoms with Gasteiger partial charge in [0, 0.05) is 63.9 Å². The summed E-state index contributed by atoms with van der Waals surface area (Å²) in [6.07, 6.45) is 2.89. The number of aliphatic hydroxyl groups excluding tert-OH is 2. The molecular weight excluding hydrogens is 534 g/mol. The summed E-state index contributed by atoms with van der Waals surface area (Å²) in [5.41, 5.74) is 9.61. The fourth-order valence-electron chi connectivity index (χ4n) is 3.98. The molecule has 0 unspecified atom stereocenters. The van der Waals surface area contributed by atoms with Gasteiger partial charge in [0.15, 0.2) is 12.2 Å². The van der Waals surface area contributed by atoms with Crippen LogP contribution in [0.4, 0.5) is 11.6 Å². The van der Waals surface area contributed by atoms with E-state index in [1.807, 2.05) is 42.9 Å². The Morgan fingerprint density at radius 2 is 1.51 bits per heavy atom. The second-order valence-electron chi connectivity index (χ2n) is 9.18. The molecule has 2 aromatic heterocycles. The first-order valence-electron chi connectivity index (χ1n) is 12.7. The van der Waals surface area contributed by atoms with E-state index in [0.717, 1.165) is 54.5 Å². The molecule has 6 N–H and O–H groups in total. The van der Waals surface area contributed by atoms with Crippen LogP contribution in [0.5, 0.6) is 0 Å². The van der Waals surface area contributed by atoms with E-state index < -0.39 is 24.1 Å². The van der Waals surface area contributed by atoms with Crippen molar-refractivity contribution < 1.29 is 34.8 Å². The van der Waals surface area contributed by atoms with Crippen molar-refractivity contribution in [2.45, 2.75) is 18.8 Å². The minimum atomic E-state index is -2.27.